The zero-order valence-electron chi connectivity index (χ0n) is 10.0. The molecule has 1 N–H and O–H groups in total. The maximum atomic E-state index is 11.8. The Morgan fingerprint density at radius 1 is 1.44 bits per heavy atom. The number of carbonyl (C=O) groups excluding carboxylic acids is 1. The molecule has 0 aromatic heterocycles. The van der Waals surface area contributed by atoms with E-state index in [4.69, 9.17) is 11.6 Å². The lowest BCUT2D eigenvalue weighted by atomic mass is 10.2. The van der Waals surface area contributed by atoms with Gasteiger partial charge in [0.05, 0.1) is 11.9 Å². The molecule has 0 aliphatic carbocycles. The number of amides is 1. The molecule has 1 saturated heterocycles. The Bertz CT molecular complexity index is 410. The fourth-order valence-electron chi connectivity index (χ4n) is 1.90. The van der Waals surface area contributed by atoms with Crippen LogP contribution in [0.5, 0.6) is 0 Å². The summed E-state index contributed by atoms with van der Waals surface area (Å²) in [4.78, 5) is 13.5. The van der Waals surface area contributed by atoms with Crippen molar-refractivity contribution in [2.75, 3.05) is 18.8 Å². The Morgan fingerprint density at radius 3 is 2.78 bits per heavy atom. The molecule has 5 heteroatoms. The third-order valence-corrected chi connectivity index (χ3v) is 4.16. The molecule has 0 spiro atoms. The van der Waals surface area contributed by atoms with Gasteiger partial charge < -0.3 is 10.0 Å². The number of carbonyl (C=O) groups is 1. The summed E-state index contributed by atoms with van der Waals surface area (Å²) in [5.41, 5.74) is 1.17. The van der Waals surface area contributed by atoms with Crippen LogP contribution in [-0.4, -0.2) is 40.9 Å². The minimum absolute atomic E-state index is 0.116. The number of β-amino-alcohol motifs (C(OH)–C–C–N with tert-alkyl or cyclic N) is 1. The molecular formula is C13H16ClNO2S. The number of halogens is 1. The molecule has 0 radical (unpaired) electrons. The number of hydrogen-bond donors (Lipinski definition) is 1. The molecular weight excluding hydrogens is 270 g/mol. The summed E-state index contributed by atoms with van der Waals surface area (Å²) >= 11 is 7.40. The van der Waals surface area contributed by atoms with Gasteiger partial charge in [-0.1, -0.05) is 23.7 Å². The van der Waals surface area contributed by atoms with Gasteiger partial charge in [0.15, 0.2) is 0 Å². The second-order valence-corrected chi connectivity index (χ2v) is 5.82. The monoisotopic (exact) mass is 285 g/mol. The Kier molecular flexibility index (Phi) is 4.92. The van der Waals surface area contributed by atoms with Crippen molar-refractivity contribution in [2.45, 2.75) is 18.3 Å². The summed E-state index contributed by atoms with van der Waals surface area (Å²) in [6.07, 6.45) is 0.364. The van der Waals surface area contributed by atoms with Crippen LogP contribution in [-0.2, 0) is 10.5 Å². The van der Waals surface area contributed by atoms with E-state index in [0.717, 1.165) is 10.8 Å². The Balaban J connectivity index is 1.72. The van der Waals surface area contributed by atoms with Crippen molar-refractivity contribution in [3.8, 4) is 0 Å². The van der Waals surface area contributed by atoms with Crippen LogP contribution in [0, 0.1) is 0 Å². The second-order valence-electron chi connectivity index (χ2n) is 4.40. The van der Waals surface area contributed by atoms with Crippen LogP contribution in [0.2, 0.25) is 5.02 Å². The molecule has 2 rings (SSSR count). The van der Waals surface area contributed by atoms with E-state index in [1.165, 1.54) is 5.56 Å². The zero-order valence-corrected chi connectivity index (χ0v) is 11.6. The molecule has 3 nitrogen and oxygen atoms in total. The van der Waals surface area contributed by atoms with Gasteiger partial charge in [0, 0.05) is 23.9 Å². The minimum Gasteiger partial charge on any atom is -0.391 e. The van der Waals surface area contributed by atoms with E-state index in [0.29, 0.717) is 25.3 Å². The Labute approximate surface area is 116 Å². The van der Waals surface area contributed by atoms with Crippen molar-refractivity contribution < 1.29 is 9.90 Å². The van der Waals surface area contributed by atoms with Gasteiger partial charge in [0.2, 0.25) is 5.91 Å². The van der Waals surface area contributed by atoms with Gasteiger partial charge in [-0.05, 0) is 24.1 Å². The van der Waals surface area contributed by atoms with Gasteiger partial charge in [-0.15, -0.1) is 11.8 Å². The minimum atomic E-state index is -0.338. The molecule has 1 fully saturated rings. The third-order valence-electron chi connectivity index (χ3n) is 2.92. The molecule has 0 unspecified atom stereocenters. The van der Waals surface area contributed by atoms with E-state index < -0.39 is 0 Å². The molecule has 18 heavy (non-hydrogen) atoms. The number of aliphatic hydroxyl groups is 1. The molecule has 1 aromatic carbocycles. The van der Waals surface area contributed by atoms with Crippen molar-refractivity contribution in [2.24, 2.45) is 0 Å². The van der Waals surface area contributed by atoms with Crippen LogP contribution >= 0.6 is 23.4 Å². The van der Waals surface area contributed by atoms with Gasteiger partial charge in [-0.3, -0.25) is 4.79 Å². The van der Waals surface area contributed by atoms with Crippen LogP contribution in [0.4, 0.5) is 0 Å². The largest absolute Gasteiger partial charge is 0.391 e. The van der Waals surface area contributed by atoms with E-state index in [1.54, 1.807) is 16.7 Å². The van der Waals surface area contributed by atoms with Crippen molar-refractivity contribution in [3.05, 3.63) is 34.9 Å². The number of benzene rings is 1. The molecule has 1 aliphatic heterocycles. The Morgan fingerprint density at radius 2 is 2.17 bits per heavy atom. The van der Waals surface area contributed by atoms with Crippen LogP contribution < -0.4 is 0 Å². The van der Waals surface area contributed by atoms with Crippen molar-refractivity contribution in [1.82, 2.24) is 4.90 Å². The molecule has 1 atom stereocenters. The molecule has 1 amide bonds. The zero-order chi connectivity index (χ0) is 13.0. The summed E-state index contributed by atoms with van der Waals surface area (Å²) in [5.74, 6) is 1.39. The van der Waals surface area contributed by atoms with E-state index in [-0.39, 0.29) is 12.0 Å². The summed E-state index contributed by atoms with van der Waals surface area (Å²) < 4.78 is 0. The predicted molar refractivity (Wildman–Crippen MR) is 74.8 cm³/mol. The quantitative estimate of drug-likeness (QED) is 0.922. The third kappa shape index (κ3) is 3.90. The number of aliphatic hydroxyl groups excluding tert-OH is 1. The van der Waals surface area contributed by atoms with E-state index in [9.17, 15) is 9.90 Å². The van der Waals surface area contributed by atoms with Gasteiger partial charge in [0.1, 0.15) is 0 Å². The number of hydrogen-bond acceptors (Lipinski definition) is 3. The lowest BCUT2D eigenvalue weighted by Gasteiger charge is -2.14. The molecule has 0 bridgehead atoms. The maximum Gasteiger partial charge on any atom is 0.232 e. The highest BCUT2D eigenvalue weighted by Gasteiger charge is 2.23. The van der Waals surface area contributed by atoms with Gasteiger partial charge >= 0.3 is 0 Å². The van der Waals surface area contributed by atoms with Crippen molar-refractivity contribution in [1.29, 1.82) is 0 Å². The number of likely N-dealkylation sites (tertiary alicyclic amines) is 1. The highest BCUT2D eigenvalue weighted by Crippen LogP contribution is 2.17. The van der Waals surface area contributed by atoms with Gasteiger partial charge in [-0.25, -0.2) is 0 Å². The average molecular weight is 286 g/mol. The van der Waals surface area contributed by atoms with E-state index in [2.05, 4.69) is 0 Å². The number of rotatable bonds is 4. The SMILES string of the molecule is O=C(CSCc1ccc(Cl)cc1)N1CC[C@@H](O)C1. The van der Waals surface area contributed by atoms with Crippen molar-refractivity contribution >= 4 is 29.3 Å². The van der Waals surface area contributed by atoms with E-state index >= 15 is 0 Å². The highest BCUT2D eigenvalue weighted by molar-refractivity contribution is 7.99. The Hall–Kier alpha value is -0.710. The molecule has 0 saturated carbocycles. The number of nitrogens with zero attached hydrogens (tertiary/aromatic N) is 1. The maximum absolute atomic E-state index is 11.8. The summed E-state index contributed by atoms with van der Waals surface area (Å²) in [6, 6.07) is 7.66. The van der Waals surface area contributed by atoms with E-state index in [1.807, 2.05) is 24.3 Å². The first-order valence-electron chi connectivity index (χ1n) is 5.93. The topological polar surface area (TPSA) is 40.5 Å². The van der Waals surface area contributed by atoms with Crippen LogP contribution in [0.3, 0.4) is 0 Å². The standard InChI is InChI=1S/C13H16ClNO2S/c14-11-3-1-10(2-4-11)8-18-9-13(17)15-6-5-12(16)7-15/h1-4,12,16H,5-9H2/t12-/m1/s1. The predicted octanol–water partition coefficient (Wildman–Crippen LogP) is 2.17. The average Bonchev–Trinajstić information content (AvgIpc) is 2.78. The molecule has 1 aromatic rings. The van der Waals surface area contributed by atoms with Crippen molar-refractivity contribution in [3.63, 3.8) is 0 Å². The number of thioether (sulfide) groups is 1. The second kappa shape index (κ2) is 6.45. The van der Waals surface area contributed by atoms with Crippen LogP contribution in [0.15, 0.2) is 24.3 Å². The highest BCUT2D eigenvalue weighted by atomic mass is 35.5. The van der Waals surface area contributed by atoms with Gasteiger partial charge in [-0.2, -0.15) is 0 Å². The fraction of sp³-hybridized carbons (Fsp3) is 0.462. The first kappa shape index (κ1) is 13.7. The molecule has 1 heterocycles. The smallest absolute Gasteiger partial charge is 0.232 e. The summed E-state index contributed by atoms with van der Waals surface area (Å²) in [6.45, 7) is 1.17. The summed E-state index contributed by atoms with van der Waals surface area (Å²) in [5, 5.41) is 10.1. The first-order chi connectivity index (χ1) is 8.65. The molecule has 1 aliphatic rings. The van der Waals surface area contributed by atoms with Crippen LogP contribution in [0.25, 0.3) is 0 Å². The summed E-state index contributed by atoms with van der Waals surface area (Å²) in [7, 11) is 0. The fourth-order valence-corrected chi connectivity index (χ4v) is 2.91. The lowest BCUT2D eigenvalue weighted by molar-refractivity contribution is -0.127. The van der Waals surface area contributed by atoms with Gasteiger partial charge in [0.25, 0.3) is 0 Å². The van der Waals surface area contributed by atoms with Crippen LogP contribution in [0.1, 0.15) is 12.0 Å². The lowest BCUT2D eigenvalue weighted by Crippen LogP contribution is -2.30. The first-order valence-corrected chi connectivity index (χ1v) is 7.46. The normalized spacial score (nSPS) is 19.2. The molecule has 98 valence electrons.